The first-order valence-corrected chi connectivity index (χ1v) is 7.94. The van der Waals surface area contributed by atoms with Gasteiger partial charge >= 0.3 is 0 Å². The van der Waals surface area contributed by atoms with Gasteiger partial charge in [0, 0.05) is 43.6 Å². The predicted molar refractivity (Wildman–Crippen MR) is 89.3 cm³/mol. The third-order valence-electron chi connectivity index (χ3n) is 3.77. The lowest BCUT2D eigenvalue weighted by atomic mass is 9.92. The zero-order valence-corrected chi connectivity index (χ0v) is 14.3. The standard InChI is InChI=1S/C17H24N2O5/c1-11-9-15(21)18-19-16(11)13-5-6-14(23-8-4-7-20)12(2)17(13)24-10-22-3/h5-6,11,20H,4,7-10H2,1-3H3,(H,18,21). The van der Waals surface area contributed by atoms with E-state index < -0.39 is 0 Å². The van der Waals surface area contributed by atoms with Crippen molar-refractivity contribution < 1.29 is 24.1 Å². The summed E-state index contributed by atoms with van der Waals surface area (Å²) in [4.78, 5) is 11.5. The highest BCUT2D eigenvalue weighted by Gasteiger charge is 2.25. The maximum Gasteiger partial charge on any atom is 0.240 e. The minimum absolute atomic E-state index is 0.01000. The number of ether oxygens (including phenoxy) is 3. The molecule has 0 saturated heterocycles. The molecule has 0 aliphatic carbocycles. The molecular formula is C17H24N2O5. The normalized spacial score (nSPS) is 17.2. The number of benzene rings is 1. The lowest BCUT2D eigenvalue weighted by Crippen LogP contribution is -2.32. The van der Waals surface area contributed by atoms with Gasteiger partial charge in [0.25, 0.3) is 0 Å². The second-order valence-electron chi connectivity index (χ2n) is 5.68. The van der Waals surface area contributed by atoms with Crippen molar-refractivity contribution in [3.63, 3.8) is 0 Å². The third kappa shape index (κ3) is 4.24. The molecule has 1 aromatic rings. The summed E-state index contributed by atoms with van der Waals surface area (Å²) < 4.78 is 16.5. The van der Waals surface area contributed by atoms with Crippen molar-refractivity contribution in [2.45, 2.75) is 26.7 Å². The van der Waals surface area contributed by atoms with Gasteiger partial charge in [0.15, 0.2) is 6.79 Å². The van der Waals surface area contributed by atoms with Gasteiger partial charge in [0.2, 0.25) is 5.91 Å². The van der Waals surface area contributed by atoms with Gasteiger partial charge in [-0.1, -0.05) is 6.92 Å². The smallest absolute Gasteiger partial charge is 0.240 e. The highest BCUT2D eigenvalue weighted by atomic mass is 16.7. The molecule has 0 saturated carbocycles. The first-order valence-electron chi connectivity index (χ1n) is 7.94. The van der Waals surface area contributed by atoms with E-state index in [2.05, 4.69) is 10.5 Å². The summed E-state index contributed by atoms with van der Waals surface area (Å²) in [5, 5.41) is 13.1. The highest BCUT2D eigenvalue weighted by Crippen LogP contribution is 2.34. The predicted octanol–water partition coefficient (Wildman–Crippen LogP) is 1.60. The van der Waals surface area contributed by atoms with Crippen LogP contribution in [0.15, 0.2) is 17.2 Å². The van der Waals surface area contributed by atoms with Crippen LogP contribution in [0.2, 0.25) is 0 Å². The molecule has 1 aromatic carbocycles. The molecule has 1 atom stereocenters. The van der Waals surface area contributed by atoms with Crippen molar-refractivity contribution in [2.75, 3.05) is 27.1 Å². The van der Waals surface area contributed by atoms with Crippen LogP contribution in [0.1, 0.15) is 30.9 Å². The number of aliphatic hydroxyl groups is 1. The molecule has 7 heteroatoms. The molecule has 7 nitrogen and oxygen atoms in total. The number of hydrogen-bond donors (Lipinski definition) is 2. The van der Waals surface area contributed by atoms with E-state index in [1.807, 2.05) is 26.0 Å². The van der Waals surface area contributed by atoms with Gasteiger partial charge in [-0.15, -0.1) is 0 Å². The van der Waals surface area contributed by atoms with Gasteiger partial charge in [-0.25, -0.2) is 5.43 Å². The Morgan fingerprint density at radius 2 is 2.17 bits per heavy atom. The summed E-state index contributed by atoms with van der Waals surface area (Å²) in [5.74, 6) is 1.21. The molecule has 1 heterocycles. The molecular weight excluding hydrogens is 312 g/mol. The quantitative estimate of drug-likeness (QED) is 0.556. The van der Waals surface area contributed by atoms with Gasteiger partial charge in [0.05, 0.1) is 12.3 Å². The first-order chi connectivity index (χ1) is 11.6. The molecule has 1 aliphatic rings. The van der Waals surface area contributed by atoms with Crippen molar-refractivity contribution in [2.24, 2.45) is 11.0 Å². The lowest BCUT2D eigenvalue weighted by Gasteiger charge is -2.23. The second kappa shape index (κ2) is 8.65. The average Bonchev–Trinajstić information content (AvgIpc) is 2.56. The van der Waals surface area contributed by atoms with E-state index in [1.54, 1.807) is 7.11 Å². The Balaban J connectivity index is 2.36. The molecule has 24 heavy (non-hydrogen) atoms. The van der Waals surface area contributed by atoms with E-state index in [0.717, 1.165) is 16.8 Å². The van der Waals surface area contributed by atoms with Crippen LogP contribution in [0.5, 0.6) is 11.5 Å². The van der Waals surface area contributed by atoms with E-state index in [9.17, 15) is 4.79 Å². The average molecular weight is 336 g/mol. The zero-order chi connectivity index (χ0) is 17.5. The van der Waals surface area contributed by atoms with Crippen LogP contribution in [-0.2, 0) is 9.53 Å². The minimum atomic E-state index is -0.0914. The number of amides is 1. The van der Waals surface area contributed by atoms with Crippen molar-refractivity contribution in [3.8, 4) is 11.5 Å². The summed E-state index contributed by atoms with van der Waals surface area (Å²) in [7, 11) is 1.55. The van der Waals surface area contributed by atoms with Crippen LogP contribution >= 0.6 is 0 Å². The van der Waals surface area contributed by atoms with Crippen LogP contribution in [0.3, 0.4) is 0 Å². The summed E-state index contributed by atoms with van der Waals surface area (Å²) in [6, 6.07) is 3.73. The van der Waals surface area contributed by atoms with E-state index in [1.165, 1.54) is 0 Å². The largest absolute Gasteiger partial charge is 0.493 e. The van der Waals surface area contributed by atoms with E-state index in [4.69, 9.17) is 19.3 Å². The van der Waals surface area contributed by atoms with Gasteiger partial charge in [-0.2, -0.15) is 5.10 Å². The van der Waals surface area contributed by atoms with Crippen molar-refractivity contribution >= 4 is 11.6 Å². The summed E-state index contributed by atoms with van der Waals surface area (Å²) in [6.07, 6.45) is 0.946. The molecule has 0 aromatic heterocycles. The SMILES string of the molecule is COCOc1c(C2=NNC(=O)CC2C)ccc(OCCCO)c1C. The maximum absolute atomic E-state index is 11.5. The summed E-state index contributed by atoms with van der Waals surface area (Å²) in [6.45, 7) is 4.46. The van der Waals surface area contributed by atoms with Crippen LogP contribution in [0, 0.1) is 12.8 Å². The number of nitrogens with zero attached hydrogens (tertiary/aromatic N) is 1. The number of hydrogen-bond acceptors (Lipinski definition) is 6. The highest BCUT2D eigenvalue weighted by molar-refractivity contribution is 6.07. The Morgan fingerprint density at radius 3 is 2.83 bits per heavy atom. The number of carbonyl (C=O) groups excluding carboxylic acids is 1. The summed E-state index contributed by atoms with van der Waals surface area (Å²) >= 11 is 0. The maximum atomic E-state index is 11.5. The molecule has 0 bridgehead atoms. The van der Waals surface area contributed by atoms with Gasteiger partial charge in [0.1, 0.15) is 11.5 Å². The van der Waals surface area contributed by atoms with Gasteiger partial charge in [-0.3, -0.25) is 4.79 Å². The number of nitrogens with one attached hydrogen (secondary N) is 1. The van der Waals surface area contributed by atoms with Gasteiger partial charge in [-0.05, 0) is 19.1 Å². The zero-order valence-electron chi connectivity index (χ0n) is 14.3. The Morgan fingerprint density at radius 1 is 1.38 bits per heavy atom. The number of aliphatic hydroxyl groups excluding tert-OH is 1. The Hall–Kier alpha value is -2.12. The van der Waals surface area contributed by atoms with E-state index in [0.29, 0.717) is 30.9 Å². The second-order valence-corrected chi connectivity index (χ2v) is 5.68. The Labute approximate surface area is 141 Å². The fourth-order valence-corrected chi connectivity index (χ4v) is 2.56. The van der Waals surface area contributed by atoms with Crippen LogP contribution in [0.4, 0.5) is 0 Å². The molecule has 1 amide bonds. The van der Waals surface area contributed by atoms with Crippen LogP contribution in [0.25, 0.3) is 0 Å². The first kappa shape index (κ1) is 18.2. The molecule has 2 N–H and O–H groups in total. The molecule has 1 aliphatic heterocycles. The fourth-order valence-electron chi connectivity index (χ4n) is 2.56. The molecule has 0 fully saturated rings. The van der Waals surface area contributed by atoms with E-state index in [-0.39, 0.29) is 25.2 Å². The number of rotatable bonds is 8. The molecule has 132 valence electrons. The Bertz CT molecular complexity index is 615. The fraction of sp³-hybridized carbons (Fsp3) is 0.529. The third-order valence-corrected chi connectivity index (χ3v) is 3.77. The monoisotopic (exact) mass is 336 g/mol. The van der Waals surface area contributed by atoms with Crippen molar-refractivity contribution in [3.05, 3.63) is 23.3 Å². The topological polar surface area (TPSA) is 89.4 Å². The molecule has 1 unspecified atom stereocenters. The van der Waals surface area contributed by atoms with Gasteiger partial charge < -0.3 is 19.3 Å². The van der Waals surface area contributed by atoms with Crippen molar-refractivity contribution in [1.29, 1.82) is 0 Å². The summed E-state index contributed by atoms with van der Waals surface area (Å²) in [5.41, 5.74) is 4.93. The number of methoxy groups -OCH3 is 1. The van der Waals surface area contributed by atoms with Crippen LogP contribution in [-0.4, -0.2) is 43.8 Å². The van der Waals surface area contributed by atoms with E-state index >= 15 is 0 Å². The number of carbonyl (C=O) groups is 1. The van der Waals surface area contributed by atoms with Crippen molar-refractivity contribution in [1.82, 2.24) is 5.43 Å². The molecule has 0 radical (unpaired) electrons. The lowest BCUT2D eigenvalue weighted by molar-refractivity contribution is -0.121. The van der Waals surface area contributed by atoms with Crippen LogP contribution < -0.4 is 14.9 Å². The molecule has 0 spiro atoms. The Kier molecular flexibility index (Phi) is 6.57. The molecule has 2 rings (SSSR count). The minimum Gasteiger partial charge on any atom is -0.493 e. The number of hydrazone groups is 1.